The number of carboxylic acid groups (broad SMARTS) is 2. The van der Waals surface area contributed by atoms with E-state index in [-0.39, 0.29) is 25.2 Å². The second-order valence-corrected chi connectivity index (χ2v) is 18.5. The molecule has 0 unspecified atom stereocenters. The molecule has 0 aliphatic rings. The molecule has 0 aromatic heterocycles. The van der Waals surface area contributed by atoms with Gasteiger partial charge in [-0.15, -0.1) is 0 Å². The number of rotatable bonds is 49. The number of carbonyl (C=O) groups is 6. The Kier molecular flexibility index (Phi) is 44.1. The molecular formula is C52H98N4O8. The number of nitrogens with one attached hydrogen (secondary N) is 4. The van der Waals surface area contributed by atoms with Crippen LogP contribution in [0.25, 0.3) is 0 Å². The second kappa shape index (κ2) is 46.4. The van der Waals surface area contributed by atoms with Gasteiger partial charge in [-0.3, -0.25) is 24.0 Å². The molecule has 4 amide bonds. The fourth-order valence-corrected chi connectivity index (χ4v) is 8.20. The van der Waals surface area contributed by atoms with Crippen molar-refractivity contribution in [2.75, 3.05) is 13.1 Å². The first-order chi connectivity index (χ1) is 31.1. The molecule has 0 spiro atoms. The molecular weight excluding hydrogens is 809 g/mol. The SMILES string of the molecule is CCCCCCCCCCCCCCCCNC(=O)C[C@H](NC(=O)C[C@H](NC(=O)CCCCCCCCCCC(=O)O)C(=O)O)C(=O)NCCCCCCCCCCCCCCCC. The minimum Gasteiger partial charge on any atom is -0.481 e. The monoisotopic (exact) mass is 907 g/mol. The molecule has 2 atom stereocenters. The highest BCUT2D eigenvalue weighted by Gasteiger charge is 2.28. The Morgan fingerprint density at radius 3 is 1.03 bits per heavy atom. The average molecular weight is 907 g/mol. The first kappa shape index (κ1) is 60.8. The van der Waals surface area contributed by atoms with Crippen molar-refractivity contribution in [1.82, 2.24) is 21.3 Å². The Hall–Kier alpha value is -3.18. The van der Waals surface area contributed by atoms with Crippen molar-refractivity contribution >= 4 is 35.6 Å². The number of hydrogen-bond donors (Lipinski definition) is 6. The van der Waals surface area contributed by atoms with E-state index in [9.17, 15) is 33.9 Å². The van der Waals surface area contributed by atoms with Crippen molar-refractivity contribution < 1.29 is 39.0 Å². The fourth-order valence-electron chi connectivity index (χ4n) is 8.20. The van der Waals surface area contributed by atoms with Gasteiger partial charge in [0.05, 0.1) is 12.8 Å². The summed E-state index contributed by atoms with van der Waals surface area (Å²) >= 11 is 0. The summed E-state index contributed by atoms with van der Waals surface area (Å²) < 4.78 is 0. The summed E-state index contributed by atoms with van der Waals surface area (Å²) in [7, 11) is 0. The zero-order valence-electron chi connectivity index (χ0n) is 41.2. The van der Waals surface area contributed by atoms with Crippen molar-refractivity contribution in [3.63, 3.8) is 0 Å². The predicted octanol–water partition coefficient (Wildman–Crippen LogP) is 12.0. The van der Waals surface area contributed by atoms with Gasteiger partial charge in [0, 0.05) is 25.9 Å². The molecule has 6 N–H and O–H groups in total. The zero-order valence-corrected chi connectivity index (χ0v) is 41.2. The third kappa shape index (κ3) is 42.8. The van der Waals surface area contributed by atoms with Gasteiger partial charge in [-0.1, -0.05) is 219 Å². The van der Waals surface area contributed by atoms with Crippen LogP contribution >= 0.6 is 0 Å². The molecule has 0 aromatic rings. The van der Waals surface area contributed by atoms with Gasteiger partial charge in [0.2, 0.25) is 23.6 Å². The average Bonchev–Trinajstić information content (AvgIpc) is 3.26. The largest absolute Gasteiger partial charge is 0.481 e. The van der Waals surface area contributed by atoms with Gasteiger partial charge in [-0.25, -0.2) is 4.79 Å². The van der Waals surface area contributed by atoms with E-state index < -0.39 is 48.2 Å². The van der Waals surface area contributed by atoms with Gasteiger partial charge in [-0.2, -0.15) is 0 Å². The van der Waals surface area contributed by atoms with Crippen LogP contribution in [0.5, 0.6) is 0 Å². The quantitative estimate of drug-likeness (QED) is 0.0325. The molecule has 374 valence electrons. The lowest BCUT2D eigenvalue weighted by Gasteiger charge is -2.20. The first-order valence-corrected chi connectivity index (χ1v) is 26.7. The normalized spacial score (nSPS) is 12.1. The van der Waals surface area contributed by atoms with Crippen molar-refractivity contribution in [1.29, 1.82) is 0 Å². The Bertz CT molecular complexity index is 1170. The van der Waals surface area contributed by atoms with Crippen molar-refractivity contribution in [2.45, 2.75) is 283 Å². The summed E-state index contributed by atoms with van der Waals surface area (Å²) in [5.41, 5.74) is 0. The molecule has 0 radical (unpaired) electrons. The van der Waals surface area contributed by atoms with E-state index in [4.69, 9.17) is 5.11 Å². The summed E-state index contributed by atoms with van der Waals surface area (Å²) in [6.45, 7) is 5.41. The van der Waals surface area contributed by atoms with Gasteiger partial charge < -0.3 is 31.5 Å². The van der Waals surface area contributed by atoms with Crippen LogP contribution < -0.4 is 21.3 Å². The maximum Gasteiger partial charge on any atom is 0.326 e. The van der Waals surface area contributed by atoms with Crippen LogP contribution in [0.4, 0.5) is 0 Å². The smallest absolute Gasteiger partial charge is 0.326 e. The lowest BCUT2D eigenvalue weighted by molar-refractivity contribution is -0.144. The molecule has 0 aromatic carbocycles. The zero-order chi connectivity index (χ0) is 47.1. The topological polar surface area (TPSA) is 191 Å². The Labute approximate surface area is 390 Å². The number of hydrogen-bond acceptors (Lipinski definition) is 6. The summed E-state index contributed by atoms with van der Waals surface area (Å²) in [4.78, 5) is 74.7. The van der Waals surface area contributed by atoms with Gasteiger partial charge in [0.25, 0.3) is 0 Å². The van der Waals surface area contributed by atoms with Gasteiger partial charge in [0.1, 0.15) is 12.1 Å². The van der Waals surface area contributed by atoms with E-state index in [1.54, 1.807) is 0 Å². The first-order valence-electron chi connectivity index (χ1n) is 26.7. The van der Waals surface area contributed by atoms with Crippen LogP contribution in [0.3, 0.4) is 0 Å². The summed E-state index contributed by atoms with van der Waals surface area (Å²) in [6, 6.07) is -2.63. The number of carboxylic acids is 2. The maximum absolute atomic E-state index is 13.3. The summed E-state index contributed by atoms with van der Waals surface area (Å²) in [5.74, 6) is -4.15. The van der Waals surface area contributed by atoms with E-state index in [0.29, 0.717) is 25.9 Å². The van der Waals surface area contributed by atoms with E-state index in [1.807, 2.05) is 0 Å². The standard InChI is InChI=1S/C52H98N4O8/c1-3-5-7-9-11-13-15-17-19-21-25-29-33-37-41-53-48(58)43-45(51(62)54-42-38-34-30-26-22-20-18-16-14-12-10-8-6-4-2)55-49(59)44-46(52(63)64)56-47(57)39-35-31-27-23-24-28-32-36-40-50(60)61/h45-46H,3-44H2,1-2H3,(H,53,58)(H,54,62)(H,55,59)(H,56,57)(H,60,61)(H,63,64)/t45-,46-/m0/s1. The molecule has 64 heavy (non-hydrogen) atoms. The minimum absolute atomic E-state index is 0.133. The van der Waals surface area contributed by atoms with E-state index >= 15 is 0 Å². The molecule has 0 fully saturated rings. The van der Waals surface area contributed by atoms with Crippen LogP contribution in [0.1, 0.15) is 271 Å². The molecule has 12 nitrogen and oxygen atoms in total. The van der Waals surface area contributed by atoms with Crippen molar-refractivity contribution in [3.8, 4) is 0 Å². The van der Waals surface area contributed by atoms with Crippen LogP contribution in [0.15, 0.2) is 0 Å². The number of unbranched alkanes of at least 4 members (excludes halogenated alkanes) is 33. The predicted molar refractivity (Wildman–Crippen MR) is 261 cm³/mol. The molecule has 0 heterocycles. The van der Waals surface area contributed by atoms with E-state index in [0.717, 1.165) is 77.0 Å². The highest BCUT2D eigenvalue weighted by molar-refractivity contribution is 5.94. The third-order valence-corrected chi connectivity index (χ3v) is 12.3. The third-order valence-electron chi connectivity index (χ3n) is 12.3. The Morgan fingerprint density at radius 1 is 0.344 bits per heavy atom. The van der Waals surface area contributed by atoms with Crippen LogP contribution in [-0.2, 0) is 28.8 Å². The minimum atomic E-state index is -1.47. The van der Waals surface area contributed by atoms with E-state index in [1.165, 1.54) is 141 Å². The van der Waals surface area contributed by atoms with Crippen LogP contribution in [-0.4, -0.2) is 71.0 Å². The summed E-state index contributed by atoms with van der Waals surface area (Å²) in [6.07, 6.45) is 40.9. The lowest BCUT2D eigenvalue weighted by atomic mass is 10.0. The molecule has 0 aliphatic carbocycles. The summed E-state index contributed by atoms with van der Waals surface area (Å²) in [5, 5.41) is 29.4. The molecule has 0 saturated heterocycles. The Morgan fingerprint density at radius 2 is 0.656 bits per heavy atom. The lowest BCUT2D eigenvalue weighted by Crippen LogP contribution is -2.51. The molecule has 0 bridgehead atoms. The van der Waals surface area contributed by atoms with Gasteiger partial charge in [-0.05, 0) is 25.7 Å². The van der Waals surface area contributed by atoms with Crippen LogP contribution in [0, 0.1) is 0 Å². The fraction of sp³-hybridized carbons (Fsp3) is 0.885. The highest BCUT2D eigenvalue weighted by Crippen LogP contribution is 2.15. The van der Waals surface area contributed by atoms with Gasteiger partial charge >= 0.3 is 11.9 Å². The molecule has 0 aliphatic heterocycles. The van der Waals surface area contributed by atoms with Crippen LogP contribution in [0.2, 0.25) is 0 Å². The van der Waals surface area contributed by atoms with Crippen molar-refractivity contribution in [2.24, 2.45) is 0 Å². The van der Waals surface area contributed by atoms with Crippen molar-refractivity contribution in [3.05, 3.63) is 0 Å². The molecule has 12 heteroatoms. The highest BCUT2D eigenvalue weighted by atomic mass is 16.4. The van der Waals surface area contributed by atoms with E-state index in [2.05, 4.69) is 35.1 Å². The second-order valence-electron chi connectivity index (χ2n) is 18.5. The number of aliphatic carboxylic acids is 2. The molecule has 0 rings (SSSR count). The number of carbonyl (C=O) groups excluding carboxylic acids is 4. The molecule has 0 saturated carbocycles. The van der Waals surface area contributed by atoms with Gasteiger partial charge in [0.15, 0.2) is 0 Å². The maximum atomic E-state index is 13.3. The number of amides is 4. The Balaban J connectivity index is 4.75.